The summed E-state index contributed by atoms with van der Waals surface area (Å²) in [5.41, 5.74) is 1.40. The van der Waals surface area contributed by atoms with Crippen molar-refractivity contribution in [2.24, 2.45) is 0 Å². The number of rotatable bonds is 3. The Morgan fingerprint density at radius 2 is 1.56 bits per heavy atom. The fourth-order valence-electron chi connectivity index (χ4n) is 2.72. The van der Waals surface area contributed by atoms with Crippen molar-refractivity contribution in [2.75, 3.05) is 41.7 Å². The van der Waals surface area contributed by atoms with Crippen LogP contribution in [0.1, 0.15) is 6.92 Å². The van der Waals surface area contributed by atoms with Gasteiger partial charge in [0, 0.05) is 50.7 Å². The predicted octanol–water partition coefficient (Wildman–Crippen LogP) is 2.39. The van der Waals surface area contributed by atoms with E-state index in [1.165, 1.54) is 6.92 Å². The first-order chi connectivity index (χ1) is 12.1. The van der Waals surface area contributed by atoms with E-state index in [0.29, 0.717) is 24.5 Å². The molecule has 1 aliphatic heterocycles. The summed E-state index contributed by atoms with van der Waals surface area (Å²) < 4.78 is 0. The molecule has 3 amide bonds. The summed E-state index contributed by atoms with van der Waals surface area (Å²) in [5.74, 6) is 0.818. The van der Waals surface area contributed by atoms with Crippen LogP contribution in [0, 0.1) is 0 Å². The largest absolute Gasteiger partial charge is 0.353 e. The Labute approximate surface area is 146 Å². The van der Waals surface area contributed by atoms with Crippen molar-refractivity contribution >= 4 is 29.1 Å². The second-order valence-corrected chi connectivity index (χ2v) is 5.85. The Morgan fingerprint density at radius 1 is 0.920 bits per heavy atom. The summed E-state index contributed by atoms with van der Waals surface area (Å²) >= 11 is 0. The summed E-state index contributed by atoms with van der Waals surface area (Å²) in [6, 6.07) is 12.8. The molecular formula is C18H21N5O2. The quantitative estimate of drug-likeness (QED) is 0.900. The van der Waals surface area contributed by atoms with Crippen LogP contribution in [0.4, 0.5) is 22.0 Å². The highest BCUT2D eigenvalue weighted by molar-refractivity contribution is 5.91. The maximum Gasteiger partial charge on any atom is 0.321 e. The van der Waals surface area contributed by atoms with E-state index in [1.807, 2.05) is 18.2 Å². The Bertz CT molecular complexity index is 725. The number of nitrogens with one attached hydrogen (secondary N) is 2. The molecule has 1 saturated heterocycles. The van der Waals surface area contributed by atoms with Crippen LogP contribution in [0.25, 0.3) is 0 Å². The van der Waals surface area contributed by atoms with Gasteiger partial charge in [-0.15, -0.1) is 0 Å². The fraction of sp³-hybridized carbons (Fsp3) is 0.278. The molecule has 0 spiro atoms. The van der Waals surface area contributed by atoms with Crippen LogP contribution < -0.4 is 15.5 Å². The third-order valence-electron chi connectivity index (χ3n) is 4.00. The number of aromatic nitrogens is 1. The molecule has 1 aromatic heterocycles. The molecule has 2 heterocycles. The number of urea groups is 1. The first kappa shape index (κ1) is 16.8. The molecule has 0 aliphatic carbocycles. The highest BCUT2D eigenvalue weighted by atomic mass is 16.2. The molecule has 3 rings (SSSR count). The molecule has 0 atom stereocenters. The number of nitrogens with zero attached hydrogens (tertiary/aromatic N) is 3. The SMILES string of the molecule is CC(=O)Nc1ccc(NC(=O)N2CCN(c3ccccn3)CC2)cc1. The number of pyridine rings is 1. The smallest absolute Gasteiger partial charge is 0.321 e. The zero-order valence-corrected chi connectivity index (χ0v) is 14.1. The lowest BCUT2D eigenvalue weighted by molar-refractivity contribution is -0.114. The summed E-state index contributed by atoms with van der Waals surface area (Å²) in [6.07, 6.45) is 1.78. The zero-order chi connectivity index (χ0) is 17.6. The van der Waals surface area contributed by atoms with Gasteiger partial charge >= 0.3 is 6.03 Å². The number of piperazine rings is 1. The van der Waals surface area contributed by atoms with Crippen LogP contribution in [0.2, 0.25) is 0 Å². The van der Waals surface area contributed by atoms with Crippen molar-refractivity contribution in [3.8, 4) is 0 Å². The van der Waals surface area contributed by atoms with Crippen molar-refractivity contribution in [1.29, 1.82) is 0 Å². The van der Waals surface area contributed by atoms with Crippen molar-refractivity contribution in [2.45, 2.75) is 6.92 Å². The molecule has 7 heteroatoms. The number of hydrogen-bond donors (Lipinski definition) is 2. The van der Waals surface area contributed by atoms with Gasteiger partial charge in [-0.05, 0) is 36.4 Å². The van der Waals surface area contributed by atoms with E-state index < -0.39 is 0 Å². The van der Waals surface area contributed by atoms with Crippen molar-refractivity contribution in [1.82, 2.24) is 9.88 Å². The van der Waals surface area contributed by atoms with Gasteiger partial charge in [0.25, 0.3) is 0 Å². The first-order valence-electron chi connectivity index (χ1n) is 8.21. The molecule has 1 aliphatic rings. The minimum absolute atomic E-state index is 0.118. The van der Waals surface area contributed by atoms with E-state index in [1.54, 1.807) is 35.4 Å². The van der Waals surface area contributed by atoms with Crippen LogP contribution in [-0.4, -0.2) is 48.0 Å². The Balaban J connectivity index is 1.52. The average Bonchev–Trinajstić information content (AvgIpc) is 2.64. The van der Waals surface area contributed by atoms with E-state index in [2.05, 4.69) is 20.5 Å². The van der Waals surface area contributed by atoms with Crippen LogP contribution in [0.5, 0.6) is 0 Å². The van der Waals surface area contributed by atoms with Crippen molar-refractivity contribution < 1.29 is 9.59 Å². The molecule has 0 saturated carbocycles. The van der Waals surface area contributed by atoms with Gasteiger partial charge in [0.05, 0.1) is 0 Å². The molecule has 0 unspecified atom stereocenters. The summed E-state index contributed by atoms with van der Waals surface area (Å²) in [6.45, 7) is 4.26. The number of carbonyl (C=O) groups is 2. The van der Waals surface area contributed by atoms with E-state index >= 15 is 0 Å². The predicted molar refractivity (Wildman–Crippen MR) is 97.8 cm³/mol. The second kappa shape index (κ2) is 7.65. The molecule has 2 aromatic rings. The monoisotopic (exact) mass is 339 g/mol. The van der Waals surface area contributed by atoms with Crippen molar-refractivity contribution in [3.63, 3.8) is 0 Å². The lowest BCUT2D eigenvalue weighted by atomic mass is 10.2. The van der Waals surface area contributed by atoms with Crippen molar-refractivity contribution in [3.05, 3.63) is 48.7 Å². The number of anilines is 3. The normalized spacial score (nSPS) is 14.1. The van der Waals surface area contributed by atoms with Gasteiger partial charge in [-0.25, -0.2) is 9.78 Å². The maximum atomic E-state index is 12.4. The van der Waals surface area contributed by atoms with E-state index in [9.17, 15) is 9.59 Å². The van der Waals surface area contributed by atoms with Gasteiger partial charge in [-0.1, -0.05) is 6.07 Å². The van der Waals surface area contributed by atoms with Gasteiger partial charge in [0.2, 0.25) is 5.91 Å². The molecule has 0 bridgehead atoms. The van der Waals surface area contributed by atoms with Gasteiger partial charge in [-0.2, -0.15) is 0 Å². The number of carbonyl (C=O) groups excluding carboxylic acids is 2. The van der Waals surface area contributed by atoms with Crippen LogP contribution in [0.15, 0.2) is 48.7 Å². The molecule has 1 fully saturated rings. The van der Waals surface area contributed by atoms with Gasteiger partial charge < -0.3 is 20.4 Å². The van der Waals surface area contributed by atoms with E-state index in [4.69, 9.17) is 0 Å². The zero-order valence-electron chi connectivity index (χ0n) is 14.1. The van der Waals surface area contributed by atoms with Crippen LogP contribution in [-0.2, 0) is 4.79 Å². The number of hydrogen-bond acceptors (Lipinski definition) is 4. The van der Waals surface area contributed by atoms with Gasteiger partial charge in [-0.3, -0.25) is 4.79 Å². The summed E-state index contributed by atoms with van der Waals surface area (Å²) in [7, 11) is 0. The standard InChI is InChI=1S/C18H21N5O2/c1-14(24)20-15-5-7-16(8-6-15)21-18(25)23-12-10-22(11-13-23)17-4-2-3-9-19-17/h2-9H,10-13H2,1H3,(H,20,24)(H,21,25). The molecule has 0 radical (unpaired) electrons. The fourth-order valence-corrected chi connectivity index (χ4v) is 2.72. The Hall–Kier alpha value is -3.09. The second-order valence-electron chi connectivity index (χ2n) is 5.85. The van der Waals surface area contributed by atoms with Crippen LogP contribution in [0.3, 0.4) is 0 Å². The average molecular weight is 339 g/mol. The molecular weight excluding hydrogens is 318 g/mol. The summed E-state index contributed by atoms with van der Waals surface area (Å²) in [4.78, 5) is 31.7. The molecule has 130 valence electrons. The lowest BCUT2D eigenvalue weighted by Gasteiger charge is -2.35. The molecule has 1 aromatic carbocycles. The highest BCUT2D eigenvalue weighted by Gasteiger charge is 2.21. The minimum atomic E-state index is -0.123. The summed E-state index contributed by atoms with van der Waals surface area (Å²) in [5, 5.41) is 5.58. The highest BCUT2D eigenvalue weighted by Crippen LogP contribution is 2.16. The lowest BCUT2D eigenvalue weighted by Crippen LogP contribution is -2.50. The number of amides is 3. The molecule has 2 N–H and O–H groups in total. The van der Waals surface area contributed by atoms with Crippen LogP contribution >= 0.6 is 0 Å². The maximum absolute atomic E-state index is 12.4. The Morgan fingerprint density at radius 3 is 2.12 bits per heavy atom. The topological polar surface area (TPSA) is 77.6 Å². The van der Waals surface area contributed by atoms with Gasteiger partial charge in [0.15, 0.2) is 0 Å². The molecule has 7 nitrogen and oxygen atoms in total. The third kappa shape index (κ3) is 4.47. The van der Waals surface area contributed by atoms with Gasteiger partial charge in [0.1, 0.15) is 5.82 Å². The minimum Gasteiger partial charge on any atom is -0.353 e. The molecule has 25 heavy (non-hydrogen) atoms. The van der Waals surface area contributed by atoms with E-state index in [-0.39, 0.29) is 11.9 Å². The van der Waals surface area contributed by atoms with E-state index in [0.717, 1.165) is 18.9 Å². The number of benzene rings is 1. The Kier molecular flexibility index (Phi) is 5.13. The first-order valence-corrected chi connectivity index (χ1v) is 8.21. The third-order valence-corrected chi connectivity index (χ3v) is 4.00.